The molecule has 1 aromatic heterocycles. The summed E-state index contributed by atoms with van der Waals surface area (Å²) < 4.78 is 5.86. The predicted octanol–water partition coefficient (Wildman–Crippen LogP) is 5.00. The lowest BCUT2D eigenvalue weighted by Crippen LogP contribution is -2.31. The summed E-state index contributed by atoms with van der Waals surface area (Å²) in [5.74, 6) is 0.824. The van der Waals surface area contributed by atoms with Crippen molar-refractivity contribution >= 4 is 34.7 Å². The highest BCUT2D eigenvalue weighted by Crippen LogP contribution is 2.29. The maximum atomic E-state index is 11.8. The Kier molecular flexibility index (Phi) is 9.62. The molecule has 1 aromatic carbocycles. The highest BCUT2D eigenvalue weighted by Gasteiger charge is 2.11. The molecule has 0 unspecified atom stereocenters. The Morgan fingerprint density at radius 1 is 1.21 bits per heavy atom. The minimum absolute atomic E-state index is 0.192. The van der Waals surface area contributed by atoms with Crippen molar-refractivity contribution in [3.8, 4) is 5.75 Å². The van der Waals surface area contributed by atoms with Crippen molar-refractivity contribution in [2.24, 2.45) is 0 Å². The van der Waals surface area contributed by atoms with Crippen molar-refractivity contribution in [2.75, 3.05) is 25.0 Å². The van der Waals surface area contributed by atoms with Gasteiger partial charge in [-0.25, -0.2) is 4.79 Å². The number of nitrogens with one attached hydrogen (secondary N) is 3. The molecule has 1 heterocycles. The molecule has 0 atom stereocenters. The van der Waals surface area contributed by atoms with E-state index in [1.54, 1.807) is 17.4 Å². The molecule has 0 radical (unpaired) electrons. The molecular formula is C21H26ClN3O2S. The summed E-state index contributed by atoms with van der Waals surface area (Å²) in [6.45, 7) is 9.89. The van der Waals surface area contributed by atoms with E-state index in [4.69, 9.17) is 16.3 Å². The van der Waals surface area contributed by atoms with E-state index < -0.39 is 0 Å². The molecule has 0 aliphatic carbocycles. The van der Waals surface area contributed by atoms with Crippen molar-refractivity contribution in [3.05, 3.63) is 70.4 Å². The lowest BCUT2D eigenvalue weighted by atomic mass is 10.1. The number of allylic oxidation sites excluding steroid dienone is 1. The first-order valence-corrected chi connectivity index (χ1v) is 10.4. The van der Waals surface area contributed by atoms with Gasteiger partial charge in [0.2, 0.25) is 0 Å². The fourth-order valence-electron chi connectivity index (χ4n) is 2.63. The summed E-state index contributed by atoms with van der Waals surface area (Å²) >= 11 is 7.80. The first kappa shape index (κ1) is 22.0. The van der Waals surface area contributed by atoms with E-state index in [-0.39, 0.29) is 6.03 Å². The molecule has 0 aliphatic rings. The molecular weight excluding hydrogens is 394 g/mol. The normalized spacial score (nSPS) is 10.3. The van der Waals surface area contributed by atoms with E-state index in [9.17, 15) is 4.79 Å². The van der Waals surface area contributed by atoms with E-state index in [1.807, 2.05) is 35.0 Å². The Balaban J connectivity index is 1.78. The molecule has 150 valence electrons. The number of hydrogen-bond acceptors (Lipinski definition) is 4. The zero-order valence-corrected chi connectivity index (χ0v) is 17.4. The summed E-state index contributed by atoms with van der Waals surface area (Å²) in [5.41, 5.74) is 2.81. The van der Waals surface area contributed by atoms with Crippen LogP contribution in [-0.2, 0) is 13.0 Å². The predicted molar refractivity (Wildman–Crippen MR) is 119 cm³/mol. The van der Waals surface area contributed by atoms with E-state index >= 15 is 0 Å². The van der Waals surface area contributed by atoms with Gasteiger partial charge in [0, 0.05) is 29.1 Å². The summed E-state index contributed by atoms with van der Waals surface area (Å²) in [6.07, 6.45) is 5.04. The van der Waals surface area contributed by atoms with Gasteiger partial charge in [-0.1, -0.05) is 30.3 Å². The number of urea groups is 1. The van der Waals surface area contributed by atoms with Crippen LogP contribution in [0.5, 0.6) is 5.75 Å². The van der Waals surface area contributed by atoms with Crippen molar-refractivity contribution in [2.45, 2.75) is 19.4 Å². The summed E-state index contributed by atoms with van der Waals surface area (Å²) in [5, 5.41) is 13.5. The van der Waals surface area contributed by atoms with Crippen LogP contribution in [0, 0.1) is 0 Å². The molecule has 7 heteroatoms. The highest BCUT2D eigenvalue weighted by atomic mass is 35.5. The Morgan fingerprint density at radius 3 is 2.75 bits per heavy atom. The van der Waals surface area contributed by atoms with E-state index in [0.717, 1.165) is 35.5 Å². The molecule has 0 aliphatic heterocycles. The second kappa shape index (κ2) is 12.2. The maximum Gasteiger partial charge on any atom is 0.319 e. The monoisotopic (exact) mass is 419 g/mol. The van der Waals surface area contributed by atoms with Gasteiger partial charge in [0.25, 0.3) is 0 Å². The second-order valence-corrected chi connectivity index (χ2v) is 7.29. The van der Waals surface area contributed by atoms with Crippen LogP contribution < -0.4 is 20.7 Å². The number of halogens is 1. The second-order valence-electron chi connectivity index (χ2n) is 6.07. The number of anilines is 1. The average molecular weight is 420 g/mol. The summed E-state index contributed by atoms with van der Waals surface area (Å²) in [4.78, 5) is 11.8. The fourth-order valence-corrected chi connectivity index (χ4v) is 3.48. The lowest BCUT2D eigenvalue weighted by molar-refractivity contribution is 0.252. The highest BCUT2D eigenvalue weighted by molar-refractivity contribution is 7.08. The van der Waals surface area contributed by atoms with Gasteiger partial charge in [-0.2, -0.15) is 11.3 Å². The van der Waals surface area contributed by atoms with Crippen molar-refractivity contribution in [3.63, 3.8) is 0 Å². The number of thiophene rings is 1. The smallest absolute Gasteiger partial charge is 0.319 e. The van der Waals surface area contributed by atoms with Crippen LogP contribution in [0.25, 0.3) is 0 Å². The van der Waals surface area contributed by atoms with Gasteiger partial charge in [0.15, 0.2) is 0 Å². The molecule has 28 heavy (non-hydrogen) atoms. The maximum absolute atomic E-state index is 11.8. The first-order chi connectivity index (χ1) is 13.6. The summed E-state index contributed by atoms with van der Waals surface area (Å²) in [6, 6.07) is 5.49. The number of amides is 2. The summed E-state index contributed by atoms with van der Waals surface area (Å²) in [7, 11) is 0. The average Bonchev–Trinajstić information content (AvgIpc) is 3.17. The van der Waals surface area contributed by atoms with Crippen LogP contribution >= 0.6 is 22.9 Å². The van der Waals surface area contributed by atoms with Gasteiger partial charge in [0.05, 0.1) is 5.69 Å². The zero-order chi connectivity index (χ0) is 20.2. The topological polar surface area (TPSA) is 62.4 Å². The Morgan fingerprint density at radius 2 is 2.04 bits per heavy atom. The largest absolute Gasteiger partial charge is 0.489 e. The molecule has 3 N–H and O–H groups in total. The molecule has 5 nitrogen and oxygen atoms in total. The number of ether oxygens (including phenoxy) is 1. The third kappa shape index (κ3) is 7.38. The third-order valence-electron chi connectivity index (χ3n) is 3.83. The quantitative estimate of drug-likeness (QED) is 0.335. The molecule has 0 bridgehead atoms. The SMILES string of the molecule is C=CCOc1c(CC=C)cc(Cl)cc1CNCCCNC(=O)Nc1ccsc1. The molecule has 2 amide bonds. The van der Waals surface area contributed by atoms with Crippen LogP contribution in [0.2, 0.25) is 5.02 Å². The van der Waals surface area contributed by atoms with Crippen molar-refractivity contribution < 1.29 is 9.53 Å². The van der Waals surface area contributed by atoms with Crippen molar-refractivity contribution in [1.82, 2.24) is 10.6 Å². The lowest BCUT2D eigenvalue weighted by Gasteiger charge is -2.16. The molecule has 2 aromatic rings. The van der Waals surface area contributed by atoms with Crippen LogP contribution in [0.1, 0.15) is 17.5 Å². The molecule has 0 saturated carbocycles. The molecule has 0 saturated heterocycles. The minimum atomic E-state index is -0.192. The van der Waals surface area contributed by atoms with E-state index in [1.165, 1.54) is 0 Å². The standard InChI is InChI=1S/C21H26ClN3O2S/c1-3-6-16-12-18(22)13-17(20(16)27-10-4-2)14-23-8-5-9-24-21(26)25-19-7-11-28-15-19/h3-4,7,11-13,15,23H,1-2,5-6,8-10,14H2,(H2,24,25,26). The van der Waals surface area contributed by atoms with Crippen LogP contribution in [0.15, 0.2) is 54.3 Å². The van der Waals surface area contributed by atoms with Crippen LogP contribution in [0.3, 0.4) is 0 Å². The molecule has 0 spiro atoms. The molecule has 2 rings (SSSR count). The van der Waals surface area contributed by atoms with E-state index in [2.05, 4.69) is 29.1 Å². The van der Waals surface area contributed by atoms with Gasteiger partial charge in [-0.05, 0) is 48.5 Å². The number of benzene rings is 1. The third-order valence-corrected chi connectivity index (χ3v) is 4.73. The zero-order valence-electron chi connectivity index (χ0n) is 15.8. The minimum Gasteiger partial charge on any atom is -0.489 e. The van der Waals surface area contributed by atoms with Crippen molar-refractivity contribution in [1.29, 1.82) is 0 Å². The Hall–Kier alpha value is -2.28. The van der Waals surface area contributed by atoms with Gasteiger partial charge in [0.1, 0.15) is 12.4 Å². The Labute approximate surface area is 175 Å². The number of hydrogen-bond donors (Lipinski definition) is 3. The molecule has 0 fully saturated rings. The van der Waals surface area contributed by atoms with Crippen LogP contribution in [0.4, 0.5) is 10.5 Å². The number of rotatable bonds is 12. The van der Waals surface area contributed by atoms with Gasteiger partial charge >= 0.3 is 6.03 Å². The number of carbonyl (C=O) groups excluding carboxylic acids is 1. The van der Waals surface area contributed by atoms with Gasteiger partial charge < -0.3 is 20.7 Å². The fraction of sp³-hybridized carbons (Fsp3) is 0.286. The van der Waals surface area contributed by atoms with Gasteiger partial charge in [-0.3, -0.25) is 0 Å². The first-order valence-electron chi connectivity index (χ1n) is 9.07. The van der Waals surface area contributed by atoms with Crippen LogP contribution in [-0.4, -0.2) is 25.7 Å². The number of carbonyl (C=O) groups is 1. The Bertz CT molecular complexity index is 778. The van der Waals surface area contributed by atoms with E-state index in [0.29, 0.717) is 31.1 Å². The van der Waals surface area contributed by atoms with Gasteiger partial charge in [-0.15, -0.1) is 6.58 Å².